The van der Waals surface area contributed by atoms with E-state index in [0.717, 1.165) is 16.3 Å². The van der Waals surface area contributed by atoms with Gasteiger partial charge in [0.15, 0.2) is 0 Å². The minimum absolute atomic E-state index is 0.106. The van der Waals surface area contributed by atoms with Crippen molar-refractivity contribution < 1.29 is 5.11 Å². The van der Waals surface area contributed by atoms with E-state index in [0.29, 0.717) is 0 Å². The van der Waals surface area contributed by atoms with Gasteiger partial charge >= 0.3 is 0 Å². The third kappa shape index (κ3) is 0.917. The van der Waals surface area contributed by atoms with Crippen LogP contribution in [-0.2, 0) is 6.61 Å². The average Bonchev–Trinajstić information content (AvgIpc) is 2.50. The molecule has 11 heavy (non-hydrogen) atoms. The number of aromatic amines is 1. The number of nitrogens with one attached hydrogen (secondary N) is 1. The summed E-state index contributed by atoms with van der Waals surface area (Å²) in [5.41, 5.74) is 0.976. The standard InChI is InChI=1S/C9H9NO/c11-6-8-3-1-2-7-4-10-5-9(7)8/h1-5,10-11H,6H2. The molecule has 2 rings (SSSR count). The van der Waals surface area contributed by atoms with E-state index in [1.165, 1.54) is 0 Å². The Hall–Kier alpha value is -1.28. The number of rotatable bonds is 1. The second-order valence-electron chi connectivity index (χ2n) is 2.53. The van der Waals surface area contributed by atoms with Gasteiger partial charge in [0.2, 0.25) is 0 Å². The van der Waals surface area contributed by atoms with Crippen molar-refractivity contribution in [3.63, 3.8) is 0 Å². The second-order valence-corrected chi connectivity index (χ2v) is 2.53. The minimum Gasteiger partial charge on any atom is -0.392 e. The highest BCUT2D eigenvalue weighted by Gasteiger charge is 1.97. The van der Waals surface area contributed by atoms with Crippen LogP contribution in [0.15, 0.2) is 30.6 Å². The Labute approximate surface area is 64.5 Å². The van der Waals surface area contributed by atoms with E-state index in [2.05, 4.69) is 4.98 Å². The summed E-state index contributed by atoms with van der Waals surface area (Å²) in [6, 6.07) is 5.89. The normalized spacial score (nSPS) is 10.6. The molecule has 56 valence electrons. The quantitative estimate of drug-likeness (QED) is 0.632. The van der Waals surface area contributed by atoms with E-state index in [9.17, 15) is 0 Å². The van der Waals surface area contributed by atoms with E-state index in [-0.39, 0.29) is 6.61 Å². The summed E-state index contributed by atoms with van der Waals surface area (Å²) in [7, 11) is 0. The molecule has 0 saturated heterocycles. The molecule has 0 bridgehead atoms. The van der Waals surface area contributed by atoms with E-state index in [1.807, 2.05) is 30.6 Å². The molecular weight excluding hydrogens is 138 g/mol. The number of hydrogen-bond donors (Lipinski definition) is 2. The van der Waals surface area contributed by atoms with Crippen LogP contribution in [0, 0.1) is 0 Å². The molecule has 2 heteroatoms. The molecule has 1 heterocycles. The Morgan fingerprint density at radius 2 is 2.18 bits per heavy atom. The van der Waals surface area contributed by atoms with Crippen LogP contribution in [0.3, 0.4) is 0 Å². The van der Waals surface area contributed by atoms with Gasteiger partial charge in [-0.2, -0.15) is 0 Å². The van der Waals surface area contributed by atoms with Crippen LogP contribution in [0.1, 0.15) is 5.56 Å². The summed E-state index contributed by atoms with van der Waals surface area (Å²) in [4.78, 5) is 3.00. The lowest BCUT2D eigenvalue weighted by molar-refractivity contribution is 0.283. The van der Waals surface area contributed by atoms with Gasteiger partial charge in [0.1, 0.15) is 0 Å². The molecule has 1 aromatic heterocycles. The van der Waals surface area contributed by atoms with Gasteiger partial charge in [-0.1, -0.05) is 18.2 Å². The van der Waals surface area contributed by atoms with Gasteiger partial charge in [0.05, 0.1) is 6.61 Å². The highest BCUT2D eigenvalue weighted by molar-refractivity contribution is 5.85. The number of benzene rings is 1. The fourth-order valence-corrected chi connectivity index (χ4v) is 1.29. The van der Waals surface area contributed by atoms with Crippen LogP contribution in [0.2, 0.25) is 0 Å². The van der Waals surface area contributed by atoms with Crippen molar-refractivity contribution in [1.29, 1.82) is 0 Å². The first-order chi connectivity index (χ1) is 5.42. The number of aliphatic hydroxyl groups excluding tert-OH is 1. The monoisotopic (exact) mass is 147 g/mol. The molecule has 2 N–H and O–H groups in total. The Kier molecular flexibility index (Phi) is 1.40. The highest BCUT2D eigenvalue weighted by Crippen LogP contribution is 2.17. The van der Waals surface area contributed by atoms with Crippen LogP contribution in [0.5, 0.6) is 0 Å². The lowest BCUT2D eigenvalue weighted by Crippen LogP contribution is -1.81. The molecule has 0 saturated carbocycles. The predicted octanol–water partition coefficient (Wildman–Crippen LogP) is 1.66. The van der Waals surface area contributed by atoms with E-state index >= 15 is 0 Å². The molecule has 0 aliphatic rings. The Morgan fingerprint density at radius 1 is 1.27 bits per heavy atom. The third-order valence-corrected chi connectivity index (χ3v) is 1.87. The first-order valence-electron chi connectivity index (χ1n) is 3.57. The Balaban J connectivity index is 2.79. The molecular formula is C9H9NO. The average molecular weight is 147 g/mol. The summed E-state index contributed by atoms with van der Waals surface area (Å²) in [5.74, 6) is 0. The molecule has 0 fully saturated rings. The van der Waals surface area contributed by atoms with E-state index < -0.39 is 0 Å². The van der Waals surface area contributed by atoms with Gasteiger partial charge in [0.25, 0.3) is 0 Å². The van der Waals surface area contributed by atoms with Crippen LogP contribution < -0.4 is 0 Å². The predicted molar refractivity (Wildman–Crippen MR) is 44.2 cm³/mol. The lowest BCUT2D eigenvalue weighted by Gasteiger charge is -1.95. The molecule has 0 aliphatic heterocycles. The van der Waals surface area contributed by atoms with Crippen LogP contribution in [0.4, 0.5) is 0 Å². The number of H-pyrrole nitrogens is 1. The Bertz CT molecular complexity index is 364. The van der Waals surface area contributed by atoms with Crippen molar-refractivity contribution in [2.75, 3.05) is 0 Å². The maximum atomic E-state index is 8.94. The number of aliphatic hydroxyl groups is 1. The molecule has 0 unspecified atom stereocenters. The van der Waals surface area contributed by atoms with Crippen molar-refractivity contribution >= 4 is 10.8 Å². The zero-order valence-corrected chi connectivity index (χ0v) is 6.04. The second kappa shape index (κ2) is 2.40. The van der Waals surface area contributed by atoms with E-state index in [4.69, 9.17) is 5.11 Å². The van der Waals surface area contributed by atoms with Gasteiger partial charge in [0, 0.05) is 17.8 Å². The van der Waals surface area contributed by atoms with Crippen LogP contribution in [-0.4, -0.2) is 10.1 Å². The SMILES string of the molecule is OCc1cccc2c[nH]cc12. The molecule has 1 aromatic carbocycles. The van der Waals surface area contributed by atoms with Gasteiger partial charge < -0.3 is 10.1 Å². The van der Waals surface area contributed by atoms with Crippen LogP contribution in [0.25, 0.3) is 10.8 Å². The fourth-order valence-electron chi connectivity index (χ4n) is 1.29. The first kappa shape index (κ1) is 6.43. The maximum absolute atomic E-state index is 8.94. The summed E-state index contributed by atoms with van der Waals surface area (Å²) in [6.45, 7) is 0.106. The molecule has 2 nitrogen and oxygen atoms in total. The van der Waals surface area contributed by atoms with Crippen molar-refractivity contribution in [1.82, 2.24) is 4.98 Å². The molecule has 0 atom stereocenters. The zero-order chi connectivity index (χ0) is 7.68. The van der Waals surface area contributed by atoms with Crippen molar-refractivity contribution in [3.8, 4) is 0 Å². The third-order valence-electron chi connectivity index (χ3n) is 1.87. The molecule has 0 aliphatic carbocycles. The van der Waals surface area contributed by atoms with Gasteiger partial charge in [-0.15, -0.1) is 0 Å². The summed E-state index contributed by atoms with van der Waals surface area (Å²) in [6.07, 6.45) is 3.83. The van der Waals surface area contributed by atoms with Crippen molar-refractivity contribution in [2.24, 2.45) is 0 Å². The first-order valence-corrected chi connectivity index (χ1v) is 3.57. The minimum atomic E-state index is 0.106. The van der Waals surface area contributed by atoms with Gasteiger partial charge in [-0.3, -0.25) is 0 Å². The smallest absolute Gasteiger partial charge is 0.0688 e. The molecule has 0 spiro atoms. The highest BCUT2D eigenvalue weighted by atomic mass is 16.3. The lowest BCUT2D eigenvalue weighted by atomic mass is 10.1. The summed E-state index contributed by atoms with van der Waals surface area (Å²) >= 11 is 0. The molecule has 0 amide bonds. The largest absolute Gasteiger partial charge is 0.392 e. The summed E-state index contributed by atoms with van der Waals surface area (Å²) in [5, 5.41) is 11.2. The zero-order valence-electron chi connectivity index (χ0n) is 6.04. The number of fused-ring (bicyclic) bond motifs is 1. The van der Waals surface area contributed by atoms with Gasteiger partial charge in [-0.05, 0) is 10.9 Å². The molecule has 0 radical (unpaired) electrons. The molecule has 2 aromatic rings. The van der Waals surface area contributed by atoms with E-state index in [1.54, 1.807) is 0 Å². The number of aromatic nitrogens is 1. The Morgan fingerprint density at radius 3 is 3.00 bits per heavy atom. The maximum Gasteiger partial charge on any atom is 0.0688 e. The van der Waals surface area contributed by atoms with Crippen molar-refractivity contribution in [2.45, 2.75) is 6.61 Å². The number of hydrogen-bond acceptors (Lipinski definition) is 1. The fraction of sp³-hybridized carbons (Fsp3) is 0.111. The van der Waals surface area contributed by atoms with Crippen molar-refractivity contribution in [3.05, 3.63) is 36.2 Å². The topological polar surface area (TPSA) is 36.0 Å². The van der Waals surface area contributed by atoms with Crippen LogP contribution >= 0.6 is 0 Å². The van der Waals surface area contributed by atoms with Gasteiger partial charge in [-0.25, -0.2) is 0 Å². The summed E-state index contributed by atoms with van der Waals surface area (Å²) < 4.78 is 0.